The molecule has 1 N–H and O–H groups in total. The van der Waals surface area contributed by atoms with Gasteiger partial charge in [-0.05, 0) is 0 Å². The van der Waals surface area contributed by atoms with E-state index in [1.165, 1.54) is 22.8 Å². The Kier molecular flexibility index (Phi) is 10.7. The molecule has 0 amide bonds. The minimum absolute atomic E-state index is 0.150. The molecule has 4 aromatic rings. The molecule has 4 rings (SSSR count). The topological polar surface area (TPSA) is 52.9 Å². The van der Waals surface area contributed by atoms with Gasteiger partial charge in [-0.25, -0.2) is 0 Å². The van der Waals surface area contributed by atoms with Crippen molar-refractivity contribution >= 4 is 13.3 Å². The molecule has 5 heteroatoms. The molecule has 4 aromatic carbocycles. The van der Waals surface area contributed by atoms with Gasteiger partial charge in [0, 0.05) is 0 Å². The normalized spacial score (nSPS) is 13.7. The summed E-state index contributed by atoms with van der Waals surface area (Å²) in [5.41, 5.74) is 4.72. The van der Waals surface area contributed by atoms with Crippen LogP contribution in [0.15, 0.2) is 126 Å². The Labute approximate surface area is 227 Å². The standard InChI is InChI=1S/C33H35BN2O2/c37-33(23-31(35-26-34-38)21-27-13-5-1-6-14-27)32(22-28-15-7-2-8-16-28)36(24-29-17-9-3-10-18-29)25-30-19-11-4-12-20-30/h1-20,26,31-33,37H,21-25H2/b35-26-/t31-,32-,33-/m0/s1. The van der Waals surface area contributed by atoms with E-state index in [-0.39, 0.29) is 12.1 Å². The van der Waals surface area contributed by atoms with Gasteiger partial charge in [-0.1, -0.05) is 0 Å². The molecule has 0 aliphatic carbocycles. The van der Waals surface area contributed by atoms with Crippen molar-refractivity contribution < 1.29 is 9.81 Å². The van der Waals surface area contributed by atoms with E-state index in [0.29, 0.717) is 39.5 Å². The third-order valence-corrected chi connectivity index (χ3v) is 6.84. The monoisotopic (exact) mass is 502 g/mol. The van der Waals surface area contributed by atoms with Crippen LogP contribution in [-0.4, -0.2) is 41.5 Å². The van der Waals surface area contributed by atoms with Crippen molar-refractivity contribution in [2.45, 2.75) is 50.5 Å². The zero-order valence-electron chi connectivity index (χ0n) is 21.7. The number of aliphatic hydroxyl groups is 1. The Hall–Kier alpha value is -3.67. The molecule has 4 nitrogen and oxygen atoms in total. The van der Waals surface area contributed by atoms with Gasteiger partial charge in [0.1, 0.15) is 0 Å². The van der Waals surface area contributed by atoms with Crippen LogP contribution < -0.4 is 0 Å². The van der Waals surface area contributed by atoms with Crippen LogP contribution in [0.3, 0.4) is 0 Å². The summed E-state index contributed by atoms with van der Waals surface area (Å²) >= 11 is 0. The molecule has 0 aliphatic heterocycles. The van der Waals surface area contributed by atoms with E-state index in [9.17, 15) is 9.81 Å². The fourth-order valence-corrected chi connectivity index (χ4v) is 4.97. The Balaban J connectivity index is 1.64. The molecule has 0 heterocycles. The fourth-order valence-electron chi connectivity index (χ4n) is 4.97. The number of hydrogen-bond donors (Lipinski definition) is 1. The third-order valence-electron chi connectivity index (χ3n) is 6.84. The first-order chi connectivity index (χ1) is 18.7. The van der Waals surface area contributed by atoms with Crippen LogP contribution in [0.25, 0.3) is 0 Å². The minimum atomic E-state index is -0.653. The van der Waals surface area contributed by atoms with Gasteiger partial charge in [0.05, 0.1) is 0 Å². The number of hydrogen-bond acceptors (Lipinski definition) is 4. The van der Waals surface area contributed by atoms with Crippen LogP contribution in [-0.2, 0) is 30.6 Å². The predicted molar refractivity (Wildman–Crippen MR) is 156 cm³/mol. The molecule has 0 saturated carbocycles. The SMILES string of the molecule is O=B/C=N\[C@@H](Cc1ccccc1)C[C@H](O)[C@H](Cc1ccccc1)N(Cc1ccccc1)Cc1ccccc1. The number of aliphatic hydroxyl groups excluding tert-OH is 1. The molecule has 3 atom stereocenters. The van der Waals surface area contributed by atoms with Crippen molar-refractivity contribution in [3.05, 3.63) is 144 Å². The zero-order valence-corrected chi connectivity index (χ0v) is 21.7. The first-order valence-electron chi connectivity index (χ1n) is 13.3. The summed E-state index contributed by atoms with van der Waals surface area (Å²) in [6, 6.07) is 41.0. The van der Waals surface area contributed by atoms with Gasteiger partial charge in [-0.2, -0.15) is 0 Å². The molecule has 192 valence electrons. The third kappa shape index (κ3) is 8.72. The van der Waals surface area contributed by atoms with E-state index in [0.717, 1.165) is 5.56 Å². The zero-order chi connectivity index (χ0) is 26.4. The van der Waals surface area contributed by atoms with Crippen molar-refractivity contribution in [3.63, 3.8) is 0 Å². The maximum absolute atomic E-state index is 11.8. The number of benzene rings is 4. The van der Waals surface area contributed by atoms with Gasteiger partial charge in [0.25, 0.3) is 0 Å². The number of rotatable bonds is 14. The Bertz CT molecular complexity index is 1200. The van der Waals surface area contributed by atoms with Crippen molar-refractivity contribution in [3.8, 4) is 0 Å². The Morgan fingerprint density at radius 1 is 0.658 bits per heavy atom. The van der Waals surface area contributed by atoms with Crippen molar-refractivity contribution in [1.29, 1.82) is 0 Å². The molecule has 0 aliphatic rings. The van der Waals surface area contributed by atoms with Gasteiger partial charge in [-0.15, -0.1) is 0 Å². The Morgan fingerprint density at radius 3 is 1.53 bits per heavy atom. The molecule has 0 spiro atoms. The van der Waals surface area contributed by atoms with Gasteiger partial charge in [0.15, 0.2) is 0 Å². The number of aliphatic imine (C=N–C) groups is 1. The van der Waals surface area contributed by atoms with Crippen LogP contribution in [0.2, 0.25) is 0 Å². The summed E-state index contributed by atoms with van der Waals surface area (Å²) in [5.74, 6) is 0. The van der Waals surface area contributed by atoms with Crippen LogP contribution >= 0.6 is 0 Å². The summed E-state index contributed by atoms with van der Waals surface area (Å²) in [4.78, 5) is 6.90. The maximum atomic E-state index is 11.8. The molecule has 0 fully saturated rings. The average Bonchev–Trinajstić information content (AvgIpc) is 2.96. The summed E-state index contributed by atoms with van der Waals surface area (Å²) in [5, 5.41) is 11.8. The second kappa shape index (κ2) is 14.9. The summed E-state index contributed by atoms with van der Waals surface area (Å²) in [6.07, 6.45) is 2.49. The van der Waals surface area contributed by atoms with Gasteiger partial charge in [0.2, 0.25) is 0 Å². The van der Waals surface area contributed by atoms with Crippen LogP contribution in [0.5, 0.6) is 0 Å². The van der Waals surface area contributed by atoms with E-state index in [4.69, 9.17) is 0 Å². The molecule has 0 saturated heterocycles. The molecule has 0 bridgehead atoms. The molecular formula is C33H35BN2O2. The van der Waals surface area contributed by atoms with Crippen molar-refractivity contribution in [2.75, 3.05) is 0 Å². The molecule has 0 aromatic heterocycles. The van der Waals surface area contributed by atoms with E-state index < -0.39 is 6.10 Å². The Morgan fingerprint density at radius 2 is 1.08 bits per heavy atom. The van der Waals surface area contributed by atoms with Crippen molar-refractivity contribution in [2.24, 2.45) is 4.99 Å². The van der Waals surface area contributed by atoms with E-state index in [1.807, 2.05) is 48.5 Å². The fraction of sp³-hybridized carbons (Fsp3) is 0.242. The second-order valence-electron chi connectivity index (χ2n) is 9.71. The molecule has 0 unspecified atom stereocenters. The molecule has 38 heavy (non-hydrogen) atoms. The summed E-state index contributed by atoms with van der Waals surface area (Å²) < 4.78 is 11.1. The van der Waals surface area contributed by atoms with Crippen LogP contribution in [0.4, 0.5) is 0 Å². The van der Waals surface area contributed by atoms with Crippen LogP contribution in [0.1, 0.15) is 28.7 Å². The van der Waals surface area contributed by atoms with Gasteiger partial charge >= 0.3 is 227 Å². The molecule has 0 radical (unpaired) electrons. The quantitative estimate of drug-likeness (QED) is 0.177. The first kappa shape index (κ1) is 27.4. The van der Waals surface area contributed by atoms with Gasteiger partial charge < -0.3 is 0 Å². The second-order valence-corrected chi connectivity index (χ2v) is 9.71. The van der Waals surface area contributed by atoms with E-state index in [2.05, 4.69) is 82.7 Å². The molecular weight excluding hydrogens is 467 g/mol. The predicted octanol–water partition coefficient (Wildman–Crippen LogP) is 5.74. The number of nitrogens with zero attached hydrogens (tertiary/aromatic N) is 2. The van der Waals surface area contributed by atoms with Crippen LogP contribution in [0, 0.1) is 0 Å². The average molecular weight is 502 g/mol. The first-order valence-corrected chi connectivity index (χ1v) is 13.3. The summed E-state index contributed by atoms with van der Waals surface area (Å²) in [6.45, 7) is 1.43. The summed E-state index contributed by atoms with van der Waals surface area (Å²) in [7, 11) is 0.711. The van der Waals surface area contributed by atoms with E-state index in [1.54, 1.807) is 0 Å². The van der Waals surface area contributed by atoms with E-state index >= 15 is 0 Å². The van der Waals surface area contributed by atoms with Crippen molar-refractivity contribution in [1.82, 2.24) is 4.90 Å². The van der Waals surface area contributed by atoms with Gasteiger partial charge in [-0.3, -0.25) is 0 Å².